The molecule has 4 N–H and O–H groups in total. The van der Waals surface area contributed by atoms with Gasteiger partial charge in [0.25, 0.3) is 0 Å². The Kier molecular flexibility index (Phi) is 11.5. The number of aryl methyl sites for hydroxylation is 1. The van der Waals surface area contributed by atoms with E-state index in [0.29, 0.717) is 66.8 Å². The summed E-state index contributed by atoms with van der Waals surface area (Å²) in [5.41, 5.74) is 6.84. The van der Waals surface area contributed by atoms with Crippen molar-refractivity contribution in [3.05, 3.63) is 102 Å². The molecular formula is C38H33F2N7O7S. The van der Waals surface area contributed by atoms with Gasteiger partial charge in [0.05, 0.1) is 50.8 Å². The highest BCUT2D eigenvalue weighted by atomic mass is 32.1. The number of anilines is 3. The van der Waals surface area contributed by atoms with Crippen LogP contribution in [0.15, 0.2) is 85.2 Å². The Morgan fingerprint density at radius 3 is 1.62 bits per heavy atom. The molecule has 7 aromatic rings. The lowest BCUT2D eigenvalue weighted by Crippen LogP contribution is -2.20. The van der Waals surface area contributed by atoms with Crippen molar-refractivity contribution >= 4 is 55.7 Å². The number of nitrogen functional groups attached to an aromatic ring is 1. The van der Waals surface area contributed by atoms with Crippen LogP contribution in [0.1, 0.15) is 5.01 Å². The van der Waals surface area contributed by atoms with Crippen LogP contribution in [-0.4, -0.2) is 54.6 Å². The normalized spacial score (nSPS) is 10.6. The van der Waals surface area contributed by atoms with Gasteiger partial charge >= 0.3 is 6.03 Å². The number of nitrogens with zero attached hydrogens (tertiary/aromatic N) is 4. The number of pyridine rings is 2. The zero-order valence-corrected chi connectivity index (χ0v) is 30.8. The second kappa shape index (κ2) is 16.8. The average Bonchev–Trinajstić information content (AvgIpc) is 3.60. The van der Waals surface area contributed by atoms with Gasteiger partial charge < -0.3 is 39.5 Å². The molecule has 0 aliphatic heterocycles. The molecular weight excluding hydrogens is 737 g/mol. The second-order valence-electron chi connectivity index (χ2n) is 11.3. The van der Waals surface area contributed by atoms with Crippen molar-refractivity contribution in [2.24, 2.45) is 0 Å². The number of aromatic nitrogens is 4. The molecule has 0 fully saturated rings. The molecule has 0 bridgehead atoms. The van der Waals surface area contributed by atoms with E-state index in [0.717, 1.165) is 5.39 Å². The van der Waals surface area contributed by atoms with Crippen LogP contribution in [0.3, 0.4) is 0 Å². The molecule has 4 aromatic carbocycles. The number of ether oxygens (including phenoxy) is 6. The van der Waals surface area contributed by atoms with Gasteiger partial charge in [0.2, 0.25) is 5.13 Å². The topological polar surface area (TPSA) is 174 Å². The Morgan fingerprint density at radius 2 is 1.15 bits per heavy atom. The molecule has 17 heteroatoms. The standard InChI is InChI=1S/C21H18FN5O4S.C17H15FN2O3/c1-11-26-27-21(32-11)25-20(28)24-15-5-4-12(8-14(15)22)31-17-6-7-23-16-10-19(30-3)18(29-2)9-13(16)17;1-21-16-8-11-14(9-17(16)22-2)20-6-5-15(11)23-10-3-4-13(19)12(18)7-10/h4-10H,1-3H3,(H2,24,25,27,28);3-9H,19H2,1-2H3. The van der Waals surface area contributed by atoms with Gasteiger partial charge in [0, 0.05) is 47.4 Å². The van der Waals surface area contributed by atoms with Crippen LogP contribution < -0.4 is 44.8 Å². The van der Waals surface area contributed by atoms with E-state index < -0.39 is 17.7 Å². The van der Waals surface area contributed by atoms with Crippen LogP contribution in [0, 0.1) is 18.6 Å². The number of carbonyl (C=O) groups is 1. The third kappa shape index (κ3) is 8.80. The minimum absolute atomic E-state index is 0.0120. The van der Waals surface area contributed by atoms with E-state index in [1.165, 1.54) is 49.8 Å². The predicted molar refractivity (Wildman–Crippen MR) is 204 cm³/mol. The number of methoxy groups -OCH3 is 4. The van der Waals surface area contributed by atoms with E-state index in [-0.39, 0.29) is 17.1 Å². The molecule has 2 amide bonds. The monoisotopic (exact) mass is 769 g/mol. The molecule has 0 radical (unpaired) electrons. The summed E-state index contributed by atoms with van der Waals surface area (Å²) in [7, 11) is 6.18. The molecule has 0 aliphatic rings. The minimum Gasteiger partial charge on any atom is -0.493 e. The number of amides is 2. The number of carbonyl (C=O) groups excluding carboxylic acids is 1. The Balaban J connectivity index is 0.000000197. The van der Waals surface area contributed by atoms with Crippen molar-refractivity contribution in [3.8, 4) is 46.0 Å². The van der Waals surface area contributed by atoms with Crippen molar-refractivity contribution < 1.29 is 42.0 Å². The SMILES string of the molecule is COc1cc2nccc(Oc3ccc(N)c(F)c3)c2cc1OC.COc1cc2nccc(Oc3ccc(NC(=O)Nc4nnc(C)s4)c(F)c3)c2cc1OC. The number of halogens is 2. The van der Waals surface area contributed by atoms with Crippen LogP contribution in [0.25, 0.3) is 21.8 Å². The summed E-state index contributed by atoms with van der Waals surface area (Å²) in [4.78, 5) is 20.7. The van der Waals surface area contributed by atoms with Gasteiger partial charge in [0.1, 0.15) is 39.6 Å². The lowest BCUT2D eigenvalue weighted by Gasteiger charge is -2.13. The molecule has 0 saturated heterocycles. The van der Waals surface area contributed by atoms with Gasteiger partial charge in [-0.05, 0) is 55.5 Å². The van der Waals surface area contributed by atoms with E-state index in [4.69, 9.17) is 34.2 Å². The third-order valence-corrected chi connectivity index (χ3v) is 8.53. The molecule has 0 saturated carbocycles. The molecule has 7 rings (SSSR count). The van der Waals surface area contributed by atoms with Crippen molar-refractivity contribution in [2.75, 3.05) is 44.8 Å². The van der Waals surface area contributed by atoms with Gasteiger partial charge in [-0.25, -0.2) is 13.6 Å². The van der Waals surface area contributed by atoms with Gasteiger partial charge in [0.15, 0.2) is 23.0 Å². The van der Waals surface area contributed by atoms with Gasteiger partial charge in [-0.2, -0.15) is 0 Å². The first kappa shape index (κ1) is 37.7. The van der Waals surface area contributed by atoms with Crippen LogP contribution in [0.2, 0.25) is 0 Å². The highest BCUT2D eigenvalue weighted by Crippen LogP contribution is 2.39. The maximum atomic E-state index is 14.6. The summed E-state index contributed by atoms with van der Waals surface area (Å²) in [6.45, 7) is 1.76. The van der Waals surface area contributed by atoms with E-state index in [1.54, 1.807) is 82.1 Å². The quantitative estimate of drug-likeness (QED) is 0.113. The first-order valence-electron chi connectivity index (χ1n) is 16.2. The van der Waals surface area contributed by atoms with Crippen LogP contribution in [0.5, 0.6) is 46.0 Å². The lowest BCUT2D eigenvalue weighted by molar-refractivity contribution is 0.262. The number of fused-ring (bicyclic) bond motifs is 2. The Labute approximate surface area is 316 Å². The predicted octanol–water partition coefficient (Wildman–Crippen LogP) is 8.75. The maximum Gasteiger partial charge on any atom is 0.325 e. The zero-order chi connectivity index (χ0) is 39.1. The number of rotatable bonds is 10. The zero-order valence-electron chi connectivity index (χ0n) is 30.0. The molecule has 3 heterocycles. The summed E-state index contributed by atoms with van der Waals surface area (Å²) in [6, 6.07) is 18.1. The summed E-state index contributed by atoms with van der Waals surface area (Å²) < 4.78 is 61.0. The number of urea groups is 1. The first-order chi connectivity index (χ1) is 26.6. The molecule has 282 valence electrons. The van der Waals surface area contributed by atoms with Crippen molar-refractivity contribution in [1.82, 2.24) is 20.2 Å². The van der Waals surface area contributed by atoms with Crippen molar-refractivity contribution in [1.29, 1.82) is 0 Å². The van der Waals surface area contributed by atoms with Gasteiger partial charge in [-0.15, -0.1) is 10.2 Å². The third-order valence-electron chi connectivity index (χ3n) is 7.78. The van der Waals surface area contributed by atoms with Crippen LogP contribution in [0.4, 0.5) is 30.1 Å². The van der Waals surface area contributed by atoms with Gasteiger partial charge in [-0.3, -0.25) is 15.3 Å². The fourth-order valence-corrected chi connectivity index (χ4v) is 5.74. The highest BCUT2D eigenvalue weighted by molar-refractivity contribution is 7.15. The van der Waals surface area contributed by atoms with Gasteiger partial charge in [-0.1, -0.05) is 11.3 Å². The van der Waals surface area contributed by atoms with E-state index in [1.807, 2.05) is 0 Å². The largest absolute Gasteiger partial charge is 0.493 e. The number of hydrogen-bond donors (Lipinski definition) is 3. The van der Waals surface area contributed by atoms with Crippen molar-refractivity contribution in [3.63, 3.8) is 0 Å². The summed E-state index contributed by atoms with van der Waals surface area (Å²) in [5, 5.41) is 14.9. The van der Waals surface area contributed by atoms with E-state index in [2.05, 4.69) is 30.8 Å². The lowest BCUT2D eigenvalue weighted by atomic mass is 10.2. The molecule has 3 aromatic heterocycles. The number of benzene rings is 4. The highest BCUT2D eigenvalue weighted by Gasteiger charge is 2.15. The molecule has 0 atom stereocenters. The van der Waals surface area contributed by atoms with Crippen LogP contribution >= 0.6 is 11.3 Å². The smallest absolute Gasteiger partial charge is 0.325 e. The fraction of sp³-hybridized carbons (Fsp3) is 0.132. The average molecular weight is 770 g/mol. The molecule has 0 spiro atoms. The van der Waals surface area contributed by atoms with Crippen LogP contribution in [-0.2, 0) is 0 Å². The molecule has 55 heavy (non-hydrogen) atoms. The number of nitrogens with one attached hydrogen (secondary N) is 2. The van der Waals surface area contributed by atoms with Crippen molar-refractivity contribution in [2.45, 2.75) is 6.92 Å². The summed E-state index contributed by atoms with van der Waals surface area (Å²) in [5.74, 6) is 2.57. The Bertz CT molecular complexity index is 2500. The van der Waals surface area contributed by atoms with E-state index >= 15 is 0 Å². The number of hydrogen-bond acceptors (Lipinski definition) is 13. The first-order valence-corrected chi connectivity index (χ1v) is 17.0. The minimum atomic E-state index is -0.663. The molecule has 0 aliphatic carbocycles. The molecule has 14 nitrogen and oxygen atoms in total. The second-order valence-corrected chi connectivity index (χ2v) is 12.5. The maximum absolute atomic E-state index is 14.6. The Morgan fingerprint density at radius 1 is 0.636 bits per heavy atom. The number of nitrogens with two attached hydrogens (primary N) is 1. The Hall–Kier alpha value is -7.01. The summed E-state index contributed by atoms with van der Waals surface area (Å²) in [6.07, 6.45) is 3.19. The molecule has 0 unspecified atom stereocenters. The van der Waals surface area contributed by atoms with E-state index in [9.17, 15) is 13.6 Å². The fourth-order valence-electron chi connectivity index (χ4n) is 5.16. The summed E-state index contributed by atoms with van der Waals surface area (Å²) >= 11 is 1.21.